The topological polar surface area (TPSA) is 94.1 Å². The number of carboxylic acid groups (broad SMARTS) is 1. The number of aliphatic carboxylic acids is 1. The van der Waals surface area contributed by atoms with Crippen LogP contribution in [0.15, 0.2) is 36.4 Å². The van der Waals surface area contributed by atoms with Gasteiger partial charge in [-0.1, -0.05) is 12.1 Å². The highest BCUT2D eigenvalue weighted by atomic mass is 19.1. The second-order valence-electron chi connectivity index (χ2n) is 5.88. The highest BCUT2D eigenvalue weighted by molar-refractivity contribution is 5.96. The van der Waals surface area contributed by atoms with E-state index in [0.29, 0.717) is 36.0 Å². The van der Waals surface area contributed by atoms with Crippen molar-refractivity contribution in [2.75, 3.05) is 20.3 Å². The summed E-state index contributed by atoms with van der Waals surface area (Å²) in [5.41, 5.74) is 0.713. The van der Waals surface area contributed by atoms with Crippen LogP contribution in [0, 0.1) is 5.82 Å². The zero-order chi connectivity index (χ0) is 19.4. The quantitative estimate of drug-likeness (QED) is 0.806. The van der Waals surface area contributed by atoms with Gasteiger partial charge < -0.3 is 24.6 Å². The van der Waals surface area contributed by atoms with Crippen LogP contribution in [0.5, 0.6) is 17.2 Å². The Hall–Kier alpha value is -3.29. The molecule has 1 heterocycles. The Balaban J connectivity index is 1.87. The number of carbonyl (C=O) groups is 2. The van der Waals surface area contributed by atoms with E-state index in [9.17, 15) is 14.0 Å². The summed E-state index contributed by atoms with van der Waals surface area (Å²) in [6.07, 6.45) is -0.348. The Kier molecular flexibility index (Phi) is 5.44. The molecule has 3 rings (SSSR count). The minimum Gasteiger partial charge on any atom is -0.493 e. The van der Waals surface area contributed by atoms with Gasteiger partial charge in [-0.2, -0.15) is 0 Å². The lowest BCUT2D eigenvalue weighted by Gasteiger charge is -2.22. The molecule has 0 fully saturated rings. The van der Waals surface area contributed by atoms with Crippen LogP contribution in [-0.2, 0) is 4.79 Å². The first-order valence-corrected chi connectivity index (χ1v) is 8.23. The summed E-state index contributed by atoms with van der Waals surface area (Å²) in [4.78, 5) is 23.9. The van der Waals surface area contributed by atoms with Crippen molar-refractivity contribution >= 4 is 11.9 Å². The van der Waals surface area contributed by atoms with Gasteiger partial charge in [-0.15, -0.1) is 0 Å². The summed E-state index contributed by atoms with van der Waals surface area (Å²) in [6.45, 7) is 0.721. The number of nitrogens with one attached hydrogen (secondary N) is 1. The van der Waals surface area contributed by atoms with E-state index in [0.717, 1.165) is 0 Å². The Bertz CT molecular complexity index is 835. The number of fused-ring (bicyclic) bond motifs is 1. The smallest absolute Gasteiger partial charge is 0.305 e. The normalized spacial score (nSPS) is 13.6. The van der Waals surface area contributed by atoms with Crippen molar-refractivity contribution in [3.63, 3.8) is 0 Å². The molecular weight excluding hydrogens is 357 g/mol. The summed E-state index contributed by atoms with van der Waals surface area (Å²) in [6, 6.07) is 7.48. The van der Waals surface area contributed by atoms with E-state index in [4.69, 9.17) is 19.3 Å². The summed E-state index contributed by atoms with van der Waals surface area (Å²) >= 11 is 0. The number of carbonyl (C=O) groups excluding carboxylic acids is 1. The molecule has 0 bridgehead atoms. The van der Waals surface area contributed by atoms with Crippen LogP contribution < -0.4 is 19.5 Å². The zero-order valence-corrected chi connectivity index (χ0v) is 14.5. The second-order valence-corrected chi connectivity index (χ2v) is 5.88. The third-order valence-electron chi connectivity index (χ3n) is 4.05. The van der Waals surface area contributed by atoms with Crippen molar-refractivity contribution in [3.8, 4) is 17.2 Å². The number of halogens is 1. The summed E-state index contributed by atoms with van der Waals surface area (Å²) < 4.78 is 29.4. The summed E-state index contributed by atoms with van der Waals surface area (Å²) in [5.74, 6) is -0.918. The fourth-order valence-corrected chi connectivity index (χ4v) is 2.77. The van der Waals surface area contributed by atoms with E-state index in [1.807, 2.05) is 0 Å². The molecule has 1 atom stereocenters. The molecule has 27 heavy (non-hydrogen) atoms. The van der Waals surface area contributed by atoms with Gasteiger partial charge in [0.1, 0.15) is 19.0 Å². The van der Waals surface area contributed by atoms with Gasteiger partial charge in [0.2, 0.25) is 5.75 Å². The van der Waals surface area contributed by atoms with E-state index >= 15 is 0 Å². The first-order chi connectivity index (χ1) is 13.0. The van der Waals surface area contributed by atoms with Crippen molar-refractivity contribution in [1.82, 2.24) is 5.32 Å². The number of carboxylic acids is 1. The van der Waals surface area contributed by atoms with Gasteiger partial charge in [0.15, 0.2) is 11.5 Å². The molecule has 8 heteroatoms. The molecule has 1 amide bonds. The van der Waals surface area contributed by atoms with E-state index in [1.165, 1.54) is 43.5 Å². The lowest BCUT2D eigenvalue weighted by molar-refractivity contribution is -0.137. The molecule has 1 aliphatic heterocycles. The highest BCUT2D eigenvalue weighted by Crippen LogP contribution is 2.40. The molecule has 0 spiro atoms. The molecule has 0 saturated carbocycles. The standard InChI is InChI=1S/C19H18FNO6/c1-25-15-8-12(9-16-18(15)27-7-6-26-16)19(24)21-14(10-17(22)23)11-2-4-13(20)5-3-11/h2-5,8-9,14H,6-7,10H2,1H3,(H,21,24)(H,22,23)/t14-/m1/s1. The maximum absolute atomic E-state index is 13.1. The van der Waals surface area contributed by atoms with Gasteiger partial charge in [-0.3, -0.25) is 9.59 Å². The number of hydrogen-bond acceptors (Lipinski definition) is 5. The van der Waals surface area contributed by atoms with Crippen LogP contribution in [0.2, 0.25) is 0 Å². The minimum atomic E-state index is -1.09. The van der Waals surface area contributed by atoms with Crippen LogP contribution >= 0.6 is 0 Å². The molecule has 142 valence electrons. The second kappa shape index (κ2) is 7.94. The fraction of sp³-hybridized carbons (Fsp3) is 0.263. The first-order valence-electron chi connectivity index (χ1n) is 8.23. The lowest BCUT2D eigenvalue weighted by atomic mass is 10.0. The number of hydrogen-bond donors (Lipinski definition) is 2. The number of ether oxygens (including phenoxy) is 3. The number of amides is 1. The first kappa shape index (κ1) is 18.5. The van der Waals surface area contributed by atoms with E-state index < -0.39 is 23.7 Å². The molecule has 0 unspecified atom stereocenters. The average Bonchev–Trinajstić information content (AvgIpc) is 2.66. The molecule has 2 aromatic rings. The van der Waals surface area contributed by atoms with Gasteiger partial charge in [-0.25, -0.2) is 4.39 Å². The van der Waals surface area contributed by atoms with Gasteiger partial charge in [-0.05, 0) is 29.8 Å². The average molecular weight is 375 g/mol. The van der Waals surface area contributed by atoms with Crippen molar-refractivity contribution in [3.05, 3.63) is 53.3 Å². The van der Waals surface area contributed by atoms with Crippen molar-refractivity contribution in [2.24, 2.45) is 0 Å². The van der Waals surface area contributed by atoms with Crippen LogP contribution in [0.3, 0.4) is 0 Å². The molecule has 1 aliphatic rings. The lowest BCUT2D eigenvalue weighted by Crippen LogP contribution is -2.30. The molecule has 0 aliphatic carbocycles. The van der Waals surface area contributed by atoms with Crippen LogP contribution in [-0.4, -0.2) is 37.3 Å². The van der Waals surface area contributed by atoms with E-state index in [2.05, 4.69) is 5.32 Å². The third kappa shape index (κ3) is 4.28. The maximum Gasteiger partial charge on any atom is 0.305 e. The predicted octanol–water partition coefficient (Wildman–Crippen LogP) is 2.55. The van der Waals surface area contributed by atoms with E-state index in [-0.39, 0.29) is 12.0 Å². The summed E-state index contributed by atoms with van der Waals surface area (Å²) in [7, 11) is 1.45. The monoisotopic (exact) mass is 375 g/mol. The molecular formula is C19H18FNO6. The van der Waals surface area contributed by atoms with Gasteiger partial charge >= 0.3 is 5.97 Å². The Labute approximate surface area is 154 Å². The molecule has 0 aromatic heterocycles. The van der Waals surface area contributed by atoms with Crippen molar-refractivity contribution < 1.29 is 33.3 Å². The SMILES string of the molecule is COc1cc(C(=O)N[C@H](CC(=O)O)c2ccc(F)cc2)cc2c1OCCO2. The number of methoxy groups -OCH3 is 1. The Morgan fingerprint density at radius 2 is 1.93 bits per heavy atom. The Morgan fingerprint density at radius 3 is 2.59 bits per heavy atom. The Morgan fingerprint density at radius 1 is 1.22 bits per heavy atom. The maximum atomic E-state index is 13.1. The molecule has 0 saturated heterocycles. The molecule has 7 nitrogen and oxygen atoms in total. The predicted molar refractivity (Wildman–Crippen MR) is 92.8 cm³/mol. The molecule has 2 aromatic carbocycles. The minimum absolute atomic E-state index is 0.230. The van der Waals surface area contributed by atoms with Crippen molar-refractivity contribution in [2.45, 2.75) is 12.5 Å². The zero-order valence-electron chi connectivity index (χ0n) is 14.5. The van der Waals surface area contributed by atoms with Crippen LogP contribution in [0.1, 0.15) is 28.4 Å². The number of benzene rings is 2. The third-order valence-corrected chi connectivity index (χ3v) is 4.05. The molecule has 2 N–H and O–H groups in total. The van der Waals surface area contributed by atoms with Gasteiger partial charge in [0, 0.05) is 5.56 Å². The number of rotatable bonds is 6. The van der Waals surface area contributed by atoms with Crippen LogP contribution in [0.25, 0.3) is 0 Å². The van der Waals surface area contributed by atoms with Crippen molar-refractivity contribution in [1.29, 1.82) is 0 Å². The van der Waals surface area contributed by atoms with Gasteiger partial charge in [0.25, 0.3) is 5.91 Å². The largest absolute Gasteiger partial charge is 0.493 e. The summed E-state index contributed by atoms with van der Waals surface area (Å²) in [5, 5.41) is 11.8. The van der Waals surface area contributed by atoms with Gasteiger partial charge in [0.05, 0.1) is 19.6 Å². The van der Waals surface area contributed by atoms with Crippen LogP contribution in [0.4, 0.5) is 4.39 Å². The molecule has 0 radical (unpaired) electrons. The highest BCUT2D eigenvalue weighted by Gasteiger charge is 2.23. The van der Waals surface area contributed by atoms with E-state index in [1.54, 1.807) is 0 Å². The fourth-order valence-electron chi connectivity index (χ4n) is 2.77.